The smallest absolute Gasteiger partial charge is 0.252 e. The minimum atomic E-state index is -0.702. The van der Waals surface area contributed by atoms with Gasteiger partial charge in [-0.3, -0.25) is 4.79 Å². The van der Waals surface area contributed by atoms with Crippen LogP contribution in [0.4, 0.5) is 0 Å². The molecule has 124 valence electrons. The fourth-order valence-corrected chi connectivity index (χ4v) is 2.66. The zero-order valence-electron chi connectivity index (χ0n) is 13.3. The van der Waals surface area contributed by atoms with Crippen molar-refractivity contribution in [3.8, 4) is 5.75 Å². The number of benzene rings is 1. The highest BCUT2D eigenvalue weighted by Gasteiger charge is 2.40. The van der Waals surface area contributed by atoms with Gasteiger partial charge in [-0.05, 0) is 50.6 Å². The van der Waals surface area contributed by atoms with Crippen LogP contribution in [0.2, 0.25) is 0 Å². The van der Waals surface area contributed by atoms with Crippen molar-refractivity contribution in [3.05, 3.63) is 29.8 Å². The summed E-state index contributed by atoms with van der Waals surface area (Å²) >= 11 is 0. The number of hydrogen-bond acceptors (Lipinski definition) is 4. The summed E-state index contributed by atoms with van der Waals surface area (Å²) < 4.78 is 10.7. The van der Waals surface area contributed by atoms with Crippen molar-refractivity contribution in [3.63, 3.8) is 0 Å². The van der Waals surface area contributed by atoms with Gasteiger partial charge in [0.2, 0.25) is 0 Å². The summed E-state index contributed by atoms with van der Waals surface area (Å²) in [6, 6.07) is 7.66. The Bertz CT molecular complexity index is 473. The molecule has 0 bridgehead atoms. The molecular formula is C16H25ClN2O3. The maximum Gasteiger partial charge on any atom is 0.252 e. The molecule has 5 nitrogen and oxygen atoms in total. The van der Waals surface area contributed by atoms with Gasteiger partial charge in [0.05, 0.1) is 13.2 Å². The number of methoxy groups -OCH3 is 2. The van der Waals surface area contributed by atoms with Crippen LogP contribution in [0.3, 0.4) is 0 Å². The molecule has 1 aromatic carbocycles. The van der Waals surface area contributed by atoms with Gasteiger partial charge in [0.15, 0.2) is 0 Å². The third kappa shape index (κ3) is 4.12. The highest BCUT2D eigenvalue weighted by Crippen LogP contribution is 2.24. The molecule has 1 unspecified atom stereocenters. The van der Waals surface area contributed by atoms with Crippen molar-refractivity contribution in [2.45, 2.75) is 31.4 Å². The van der Waals surface area contributed by atoms with Crippen molar-refractivity contribution >= 4 is 18.3 Å². The van der Waals surface area contributed by atoms with Gasteiger partial charge in [0, 0.05) is 7.11 Å². The Kier molecular flexibility index (Phi) is 7.13. The standard InChI is InChI=1S/C16H24N2O3.ClH/c1-12(13-4-6-14(20-2)7-5-13)18-15(19)16(21-3)8-10-17-11-9-16;/h4-7,12,17H,8-11H2,1-3H3,(H,18,19);1H. The maximum atomic E-state index is 12.6. The molecule has 1 saturated heterocycles. The van der Waals surface area contributed by atoms with Gasteiger partial charge in [-0.15, -0.1) is 12.4 Å². The molecule has 1 heterocycles. The summed E-state index contributed by atoms with van der Waals surface area (Å²) in [5.74, 6) is 0.777. The summed E-state index contributed by atoms with van der Waals surface area (Å²) in [4.78, 5) is 12.6. The molecule has 0 aromatic heterocycles. The lowest BCUT2D eigenvalue weighted by Crippen LogP contribution is -2.54. The normalized spacial score (nSPS) is 18.0. The minimum Gasteiger partial charge on any atom is -0.497 e. The van der Waals surface area contributed by atoms with E-state index in [4.69, 9.17) is 9.47 Å². The Balaban J connectivity index is 0.00000242. The topological polar surface area (TPSA) is 59.6 Å². The van der Waals surface area contributed by atoms with Crippen LogP contribution in [0.25, 0.3) is 0 Å². The Morgan fingerprint density at radius 2 is 1.82 bits per heavy atom. The fraction of sp³-hybridized carbons (Fsp3) is 0.562. The number of hydrogen-bond donors (Lipinski definition) is 2. The molecule has 0 radical (unpaired) electrons. The first-order chi connectivity index (χ1) is 10.1. The molecule has 1 fully saturated rings. The highest BCUT2D eigenvalue weighted by molar-refractivity contribution is 5.86. The molecule has 0 saturated carbocycles. The van der Waals surface area contributed by atoms with Crippen LogP contribution in [0.15, 0.2) is 24.3 Å². The van der Waals surface area contributed by atoms with E-state index in [1.54, 1.807) is 14.2 Å². The summed E-state index contributed by atoms with van der Waals surface area (Å²) in [5.41, 5.74) is 0.343. The summed E-state index contributed by atoms with van der Waals surface area (Å²) in [7, 11) is 3.25. The second-order valence-electron chi connectivity index (χ2n) is 5.42. The average molecular weight is 329 g/mol. The molecule has 6 heteroatoms. The predicted octanol–water partition coefficient (Wildman–Crippen LogP) is 2.06. The van der Waals surface area contributed by atoms with Crippen molar-refractivity contribution in [1.29, 1.82) is 0 Å². The molecule has 1 atom stereocenters. The molecule has 2 rings (SSSR count). The van der Waals surface area contributed by atoms with Crippen LogP contribution in [-0.4, -0.2) is 38.8 Å². The van der Waals surface area contributed by atoms with Crippen molar-refractivity contribution in [1.82, 2.24) is 10.6 Å². The van der Waals surface area contributed by atoms with Gasteiger partial charge >= 0.3 is 0 Å². The SMILES string of the molecule is COc1ccc(C(C)NC(=O)C2(OC)CCNCC2)cc1.Cl. The van der Waals surface area contributed by atoms with Crippen LogP contribution in [0.5, 0.6) is 5.75 Å². The molecule has 0 aliphatic carbocycles. The van der Waals surface area contributed by atoms with Crippen LogP contribution in [-0.2, 0) is 9.53 Å². The van der Waals surface area contributed by atoms with Crippen LogP contribution >= 0.6 is 12.4 Å². The van der Waals surface area contributed by atoms with Gasteiger partial charge < -0.3 is 20.1 Å². The molecule has 0 spiro atoms. The zero-order chi connectivity index (χ0) is 15.3. The maximum absolute atomic E-state index is 12.6. The minimum absolute atomic E-state index is 0. The number of ether oxygens (including phenoxy) is 2. The third-order valence-corrected chi connectivity index (χ3v) is 4.18. The molecule has 1 aliphatic heterocycles. The van der Waals surface area contributed by atoms with E-state index in [0.29, 0.717) is 12.8 Å². The van der Waals surface area contributed by atoms with Gasteiger partial charge in [0.1, 0.15) is 11.4 Å². The molecule has 1 aliphatic rings. The lowest BCUT2D eigenvalue weighted by Gasteiger charge is -2.35. The average Bonchev–Trinajstić information content (AvgIpc) is 2.55. The second kappa shape index (κ2) is 8.36. The van der Waals surface area contributed by atoms with E-state index in [9.17, 15) is 4.79 Å². The van der Waals surface area contributed by atoms with Crippen LogP contribution in [0, 0.1) is 0 Å². The van der Waals surface area contributed by atoms with E-state index in [1.165, 1.54) is 0 Å². The lowest BCUT2D eigenvalue weighted by molar-refractivity contribution is -0.147. The summed E-state index contributed by atoms with van der Waals surface area (Å²) in [6.45, 7) is 3.58. The predicted molar refractivity (Wildman–Crippen MR) is 88.6 cm³/mol. The van der Waals surface area contributed by atoms with Gasteiger partial charge in [-0.25, -0.2) is 0 Å². The van der Waals surface area contributed by atoms with E-state index in [0.717, 1.165) is 24.4 Å². The lowest BCUT2D eigenvalue weighted by atomic mass is 9.90. The van der Waals surface area contributed by atoms with E-state index in [-0.39, 0.29) is 24.4 Å². The van der Waals surface area contributed by atoms with Gasteiger partial charge in [-0.1, -0.05) is 12.1 Å². The van der Waals surface area contributed by atoms with E-state index in [1.807, 2.05) is 31.2 Å². The van der Waals surface area contributed by atoms with Gasteiger partial charge in [0.25, 0.3) is 5.91 Å². The molecule has 2 N–H and O–H groups in total. The number of rotatable bonds is 5. The Hall–Kier alpha value is -1.30. The van der Waals surface area contributed by atoms with E-state index < -0.39 is 5.60 Å². The van der Waals surface area contributed by atoms with Gasteiger partial charge in [-0.2, -0.15) is 0 Å². The monoisotopic (exact) mass is 328 g/mol. The highest BCUT2D eigenvalue weighted by atomic mass is 35.5. The number of amides is 1. The largest absolute Gasteiger partial charge is 0.497 e. The quantitative estimate of drug-likeness (QED) is 0.868. The number of piperidine rings is 1. The first kappa shape index (κ1) is 18.7. The van der Waals surface area contributed by atoms with Crippen molar-refractivity contribution < 1.29 is 14.3 Å². The summed E-state index contributed by atoms with van der Waals surface area (Å²) in [5, 5.41) is 6.32. The Morgan fingerprint density at radius 1 is 1.23 bits per heavy atom. The Morgan fingerprint density at radius 3 is 2.32 bits per heavy atom. The molecule has 1 amide bonds. The first-order valence-electron chi connectivity index (χ1n) is 7.32. The van der Waals surface area contributed by atoms with E-state index >= 15 is 0 Å². The number of halogens is 1. The number of carbonyl (C=O) groups excluding carboxylic acids is 1. The Labute approximate surface area is 138 Å². The molecule has 22 heavy (non-hydrogen) atoms. The zero-order valence-corrected chi connectivity index (χ0v) is 14.2. The second-order valence-corrected chi connectivity index (χ2v) is 5.42. The summed E-state index contributed by atoms with van der Waals surface area (Å²) in [6.07, 6.45) is 1.40. The molecule has 1 aromatic rings. The first-order valence-corrected chi connectivity index (χ1v) is 7.32. The number of nitrogens with one attached hydrogen (secondary N) is 2. The number of carbonyl (C=O) groups is 1. The van der Waals surface area contributed by atoms with Crippen LogP contribution in [0.1, 0.15) is 31.4 Å². The fourth-order valence-electron chi connectivity index (χ4n) is 2.66. The van der Waals surface area contributed by atoms with E-state index in [2.05, 4.69) is 10.6 Å². The van der Waals surface area contributed by atoms with Crippen LogP contribution < -0.4 is 15.4 Å². The van der Waals surface area contributed by atoms with Crippen molar-refractivity contribution in [2.24, 2.45) is 0 Å². The van der Waals surface area contributed by atoms with Crippen molar-refractivity contribution in [2.75, 3.05) is 27.3 Å². The molecular weight excluding hydrogens is 304 g/mol. The third-order valence-electron chi connectivity index (χ3n) is 4.18.